The second-order valence-corrected chi connectivity index (χ2v) is 4.18. The van der Waals surface area contributed by atoms with Gasteiger partial charge in [0.2, 0.25) is 0 Å². The van der Waals surface area contributed by atoms with Crippen LogP contribution in [0.5, 0.6) is 0 Å². The van der Waals surface area contributed by atoms with Crippen LogP contribution in [0, 0.1) is 0 Å². The molecule has 4 atom stereocenters. The molecular formula is C10H14F3NO5. The first-order chi connectivity index (χ1) is 8.61. The molecule has 1 amide bonds. The van der Waals surface area contributed by atoms with E-state index in [2.05, 4.69) is 0 Å². The van der Waals surface area contributed by atoms with Crippen LogP contribution in [-0.4, -0.2) is 47.7 Å². The van der Waals surface area contributed by atoms with Crippen LogP contribution in [0.3, 0.4) is 0 Å². The first-order valence-corrected chi connectivity index (χ1v) is 5.49. The molecule has 0 bridgehead atoms. The molecule has 1 rings (SSSR count). The second-order valence-electron chi connectivity index (χ2n) is 4.18. The molecule has 0 saturated carbocycles. The lowest BCUT2D eigenvalue weighted by atomic mass is 9.99. The second kappa shape index (κ2) is 5.74. The highest BCUT2D eigenvalue weighted by molar-refractivity contribution is 5.82. The summed E-state index contributed by atoms with van der Waals surface area (Å²) < 4.78 is 46.3. The van der Waals surface area contributed by atoms with E-state index < -0.39 is 42.6 Å². The van der Waals surface area contributed by atoms with Crippen molar-refractivity contribution in [1.29, 1.82) is 0 Å². The van der Waals surface area contributed by atoms with Crippen LogP contribution in [0.2, 0.25) is 0 Å². The zero-order chi connectivity index (χ0) is 14.8. The zero-order valence-electron chi connectivity index (χ0n) is 10.2. The molecule has 1 aliphatic rings. The number of alkyl halides is 3. The maximum atomic E-state index is 12.2. The highest BCUT2D eigenvalue weighted by Crippen LogP contribution is 2.23. The van der Waals surface area contributed by atoms with Gasteiger partial charge in [-0.25, -0.2) is 0 Å². The largest absolute Gasteiger partial charge is 0.471 e. The van der Waals surface area contributed by atoms with Crippen LogP contribution in [-0.2, 0) is 19.1 Å². The Balaban J connectivity index is 2.79. The van der Waals surface area contributed by atoms with Gasteiger partial charge in [-0.15, -0.1) is 0 Å². The molecule has 1 aliphatic heterocycles. The number of nitrogens with one attached hydrogen (secondary N) is 1. The Kier molecular flexibility index (Phi) is 4.75. The molecule has 2 N–H and O–H groups in total. The van der Waals surface area contributed by atoms with Crippen molar-refractivity contribution in [3.8, 4) is 0 Å². The molecule has 0 aromatic carbocycles. The van der Waals surface area contributed by atoms with Crippen LogP contribution in [0.25, 0.3) is 0 Å². The van der Waals surface area contributed by atoms with Gasteiger partial charge in [0.1, 0.15) is 6.10 Å². The summed E-state index contributed by atoms with van der Waals surface area (Å²) in [6, 6.07) is -1.17. The van der Waals surface area contributed by atoms with E-state index in [4.69, 9.17) is 9.47 Å². The Morgan fingerprint density at radius 2 is 2.00 bits per heavy atom. The summed E-state index contributed by atoms with van der Waals surface area (Å²) in [7, 11) is 0. The summed E-state index contributed by atoms with van der Waals surface area (Å²) in [6.45, 7) is 2.50. The zero-order valence-corrected chi connectivity index (χ0v) is 10.2. The smallest absolute Gasteiger partial charge is 0.458 e. The van der Waals surface area contributed by atoms with Crippen molar-refractivity contribution in [2.75, 3.05) is 0 Å². The number of aliphatic hydroxyl groups is 1. The fourth-order valence-electron chi connectivity index (χ4n) is 1.82. The van der Waals surface area contributed by atoms with Gasteiger partial charge in [-0.3, -0.25) is 9.59 Å². The SMILES string of the molecule is CC(=O)O[C@@H]1C(NC(=O)C(F)(F)F)C[C@H](O)O[C@H]1C. The molecule has 0 spiro atoms. The van der Waals surface area contributed by atoms with Crippen LogP contribution in [0.15, 0.2) is 0 Å². The van der Waals surface area contributed by atoms with Gasteiger partial charge in [-0.2, -0.15) is 13.2 Å². The van der Waals surface area contributed by atoms with Crippen LogP contribution >= 0.6 is 0 Å². The van der Waals surface area contributed by atoms with Gasteiger partial charge < -0.3 is 19.9 Å². The van der Waals surface area contributed by atoms with Gasteiger partial charge in [-0.05, 0) is 6.92 Å². The minimum absolute atomic E-state index is 0.301. The monoisotopic (exact) mass is 285 g/mol. The van der Waals surface area contributed by atoms with Crippen LogP contribution in [0.4, 0.5) is 13.2 Å². The lowest BCUT2D eigenvalue weighted by Crippen LogP contribution is -2.58. The average Bonchev–Trinajstić information content (AvgIpc) is 2.21. The van der Waals surface area contributed by atoms with Gasteiger partial charge in [-0.1, -0.05) is 0 Å². The maximum Gasteiger partial charge on any atom is 0.471 e. The highest BCUT2D eigenvalue weighted by Gasteiger charge is 2.45. The van der Waals surface area contributed by atoms with Gasteiger partial charge in [0.05, 0.1) is 12.1 Å². The third-order valence-electron chi connectivity index (χ3n) is 2.56. The molecule has 1 unspecified atom stereocenters. The topological polar surface area (TPSA) is 84.9 Å². The molecule has 0 aromatic heterocycles. The van der Waals surface area contributed by atoms with E-state index in [-0.39, 0.29) is 6.42 Å². The number of carbonyl (C=O) groups is 2. The molecule has 1 fully saturated rings. The van der Waals surface area contributed by atoms with Crippen LogP contribution in [0.1, 0.15) is 20.3 Å². The predicted molar refractivity (Wildman–Crippen MR) is 54.7 cm³/mol. The van der Waals surface area contributed by atoms with E-state index in [1.54, 1.807) is 5.32 Å². The molecule has 110 valence electrons. The predicted octanol–water partition coefficient (Wildman–Crippen LogP) is 0.0924. The quantitative estimate of drug-likeness (QED) is 0.703. The van der Waals surface area contributed by atoms with E-state index in [1.165, 1.54) is 6.92 Å². The van der Waals surface area contributed by atoms with Gasteiger partial charge in [0.15, 0.2) is 6.29 Å². The number of ether oxygens (including phenoxy) is 2. The molecule has 0 aliphatic carbocycles. The van der Waals surface area contributed by atoms with Gasteiger partial charge in [0, 0.05) is 13.3 Å². The number of amides is 1. The van der Waals surface area contributed by atoms with E-state index in [0.29, 0.717) is 0 Å². The minimum atomic E-state index is -5.05. The van der Waals surface area contributed by atoms with E-state index in [1.807, 2.05) is 0 Å². The Hall–Kier alpha value is -1.35. The lowest BCUT2D eigenvalue weighted by Gasteiger charge is -2.38. The molecule has 6 nitrogen and oxygen atoms in total. The Morgan fingerprint density at radius 3 is 2.47 bits per heavy atom. The number of rotatable bonds is 2. The van der Waals surface area contributed by atoms with Crippen molar-refractivity contribution in [2.45, 2.75) is 51.0 Å². The lowest BCUT2D eigenvalue weighted by molar-refractivity contribution is -0.217. The summed E-state index contributed by atoms with van der Waals surface area (Å²) in [4.78, 5) is 21.8. The summed E-state index contributed by atoms with van der Waals surface area (Å²) in [5.74, 6) is -2.88. The summed E-state index contributed by atoms with van der Waals surface area (Å²) >= 11 is 0. The number of esters is 1. The van der Waals surface area contributed by atoms with Crippen molar-refractivity contribution in [3.05, 3.63) is 0 Å². The first kappa shape index (κ1) is 15.7. The molecule has 9 heteroatoms. The molecule has 1 heterocycles. The normalized spacial score (nSPS) is 31.7. The van der Waals surface area contributed by atoms with Crippen molar-refractivity contribution >= 4 is 11.9 Å². The summed E-state index contributed by atoms with van der Waals surface area (Å²) in [5, 5.41) is 11.0. The summed E-state index contributed by atoms with van der Waals surface area (Å²) in [6.07, 6.45) is -8.61. The molecular weight excluding hydrogens is 271 g/mol. The Bertz CT molecular complexity index is 360. The van der Waals surface area contributed by atoms with Crippen molar-refractivity contribution < 1.29 is 37.3 Å². The molecule has 0 aromatic rings. The van der Waals surface area contributed by atoms with E-state index in [0.717, 1.165) is 6.92 Å². The third-order valence-corrected chi connectivity index (χ3v) is 2.56. The summed E-state index contributed by atoms with van der Waals surface area (Å²) in [5.41, 5.74) is 0. The Morgan fingerprint density at radius 1 is 1.42 bits per heavy atom. The number of carbonyl (C=O) groups excluding carboxylic acids is 2. The fraction of sp³-hybridized carbons (Fsp3) is 0.800. The van der Waals surface area contributed by atoms with Crippen molar-refractivity contribution in [2.24, 2.45) is 0 Å². The minimum Gasteiger partial charge on any atom is -0.458 e. The number of hydrogen-bond donors (Lipinski definition) is 2. The first-order valence-electron chi connectivity index (χ1n) is 5.49. The molecule has 19 heavy (non-hydrogen) atoms. The average molecular weight is 285 g/mol. The number of aliphatic hydroxyl groups excluding tert-OH is 1. The van der Waals surface area contributed by atoms with E-state index in [9.17, 15) is 27.9 Å². The maximum absolute atomic E-state index is 12.2. The number of halogens is 3. The third kappa shape index (κ3) is 4.35. The molecule has 0 radical (unpaired) electrons. The fourth-order valence-corrected chi connectivity index (χ4v) is 1.82. The van der Waals surface area contributed by atoms with Crippen molar-refractivity contribution in [1.82, 2.24) is 5.32 Å². The van der Waals surface area contributed by atoms with Gasteiger partial charge in [0.25, 0.3) is 0 Å². The molecule has 1 saturated heterocycles. The van der Waals surface area contributed by atoms with E-state index >= 15 is 0 Å². The van der Waals surface area contributed by atoms with Gasteiger partial charge >= 0.3 is 18.1 Å². The standard InChI is InChI=1S/C10H14F3NO5/c1-4-8(19-5(2)15)6(3-7(16)18-4)14-9(17)10(11,12)13/h4,6-8,16H,3H2,1-2H3,(H,14,17)/t4-,6?,7+,8-/m0/s1. The number of hydrogen-bond acceptors (Lipinski definition) is 5. The van der Waals surface area contributed by atoms with Crippen LogP contribution < -0.4 is 5.32 Å². The Labute approximate surface area is 106 Å². The highest BCUT2D eigenvalue weighted by atomic mass is 19.4. The van der Waals surface area contributed by atoms with Crippen molar-refractivity contribution in [3.63, 3.8) is 0 Å².